The molecule has 0 aliphatic carbocycles. The highest BCUT2D eigenvalue weighted by Crippen LogP contribution is 2.19. The minimum Gasteiger partial charge on any atom is -0.472 e. The van der Waals surface area contributed by atoms with Gasteiger partial charge in [-0.05, 0) is 26.7 Å². The molecule has 2 aromatic heterocycles. The van der Waals surface area contributed by atoms with Gasteiger partial charge in [0, 0.05) is 18.8 Å². The Morgan fingerprint density at radius 2 is 2.32 bits per heavy atom. The third-order valence-electron chi connectivity index (χ3n) is 3.68. The van der Waals surface area contributed by atoms with Crippen LogP contribution in [0.4, 0.5) is 0 Å². The second-order valence-corrected chi connectivity index (χ2v) is 5.37. The van der Waals surface area contributed by atoms with E-state index in [0.717, 1.165) is 12.8 Å². The molecule has 0 saturated carbocycles. The molecule has 1 atom stereocenters. The number of aromatic nitrogens is 3. The summed E-state index contributed by atoms with van der Waals surface area (Å²) in [6.07, 6.45) is 4.87. The first-order chi connectivity index (χ1) is 10.6. The van der Waals surface area contributed by atoms with Gasteiger partial charge < -0.3 is 14.2 Å². The molecule has 1 unspecified atom stereocenters. The highest BCUT2D eigenvalue weighted by Gasteiger charge is 2.27. The number of ether oxygens (including phenoxy) is 1. The Hall–Kier alpha value is -2.44. The highest BCUT2D eigenvalue weighted by atomic mass is 16.5. The van der Waals surface area contributed by atoms with Crippen molar-refractivity contribution < 1.29 is 14.1 Å². The zero-order chi connectivity index (χ0) is 15.5. The van der Waals surface area contributed by atoms with Crippen molar-refractivity contribution in [3.05, 3.63) is 35.6 Å². The van der Waals surface area contributed by atoms with E-state index in [1.54, 1.807) is 24.1 Å². The largest absolute Gasteiger partial charge is 0.472 e. The van der Waals surface area contributed by atoms with E-state index in [2.05, 4.69) is 15.1 Å². The Balaban J connectivity index is 1.67. The SMILES string of the molecule is Cc1nccc(OC2CCCN(C(=O)c3cnoc3C)C2)n1. The zero-order valence-electron chi connectivity index (χ0n) is 12.7. The quantitative estimate of drug-likeness (QED) is 0.859. The lowest BCUT2D eigenvalue weighted by atomic mass is 10.1. The second kappa shape index (κ2) is 6.13. The number of hydrogen-bond acceptors (Lipinski definition) is 6. The van der Waals surface area contributed by atoms with Crippen molar-refractivity contribution >= 4 is 5.91 Å². The van der Waals surface area contributed by atoms with Gasteiger partial charge in [0.15, 0.2) is 0 Å². The first-order valence-corrected chi connectivity index (χ1v) is 7.30. The molecule has 0 aromatic carbocycles. The third kappa shape index (κ3) is 3.08. The van der Waals surface area contributed by atoms with E-state index in [0.29, 0.717) is 36.1 Å². The summed E-state index contributed by atoms with van der Waals surface area (Å²) in [5.41, 5.74) is 0.513. The van der Waals surface area contributed by atoms with Crippen LogP contribution in [0.15, 0.2) is 23.0 Å². The molecule has 1 saturated heterocycles. The van der Waals surface area contributed by atoms with Crippen molar-refractivity contribution in [3.8, 4) is 5.88 Å². The van der Waals surface area contributed by atoms with E-state index in [4.69, 9.17) is 9.26 Å². The molecule has 7 heteroatoms. The molecule has 1 aliphatic heterocycles. The summed E-state index contributed by atoms with van der Waals surface area (Å²) < 4.78 is 10.8. The predicted molar refractivity (Wildman–Crippen MR) is 77.6 cm³/mol. The summed E-state index contributed by atoms with van der Waals surface area (Å²) in [7, 11) is 0. The van der Waals surface area contributed by atoms with Gasteiger partial charge in [0.2, 0.25) is 5.88 Å². The first-order valence-electron chi connectivity index (χ1n) is 7.30. The summed E-state index contributed by atoms with van der Waals surface area (Å²) in [4.78, 5) is 22.5. The molecule has 0 spiro atoms. The Morgan fingerprint density at radius 3 is 3.05 bits per heavy atom. The summed E-state index contributed by atoms with van der Waals surface area (Å²) in [5, 5.41) is 3.66. The molecule has 3 rings (SSSR count). The molecule has 22 heavy (non-hydrogen) atoms. The molecule has 3 heterocycles. The first kappa shape index (κ1) is 14.5. The standard InChI is InChI=1S/C15H18N4O3/c1-10-13(8-17-22-10)15(20)19-7-3-4-12(9-19)21-14-5-6-16-11(2)18-14/h5-6,8,12H,3-4,7,9H2,1-2H3. The van der Waals surface area contributed by atoms with Crippen molar-refractivity contribution in [2.75, 3.05) is 13.1 Å². The van der Waals surface area contributed by atoms with Gasteiger partial charge in [0.1, 0.15) is 23.3 Å². The van der Waals surface area contributed by atoms with Gasteiger partial charge in [-0.15, -0.1) is 0 Å². The second-order valence-electron chi connectivity index (χ2n) is 5.37. The lowest BCUT2D eigenvalue weighted by Crippen LogP contribution is -2.44. The third-order valence-corrected chi connectivity index (χ3v) is 3.68. The summed E-state index contributed by atoms with van der Waals surface area (Å²) >= 11 is 0. The van der Waals surface area contributed by atoms with Crippen molar-refractivity contribution in [3.63, 3.8) is 0 Å². The van der Waals surface area contributed by atoms with Gasteiger partial charge in [-0.2, -0.15) is 4.98 Å². The van der Waals surface area contributed by atoms with Crippen LogP contribution in [-0.4, -0.2) is 45.1 Å². The number of rotatable bonds is 3. The van der Waals surface area contributed by atoms with Crippen LogP contribution >= 0.6 is 0 Å². The Kier molecular flexibility index (Phi) is 4.04. The van der Waals surface area contributed by atoms with Crippen LogP contribution in [0.25, 0.3) is 0 Å². The number of hydrogen-bond donors (Lipinski definition) is 0. The molecule has 1 aliphatic rings. The molecule has 116 valence electrons. The molecule has 0 N–H and O–H groups in total. The topological polar surface area (TPSA) is 81.4 Å². The van der Waals surface area contributed by atoms with Crippen molar-refractivity contribution in [2.24, 2.45) is 0 Å². The minimum atomic E-state index is -0.0640. The summed E-state index contributed by atoms with van der Waals surface area (Å²) in [6.45, 7) is 4.80. The van der Waals surface area contributed by atoms with E-state index in [1.165, 1.54) is 6.20 Å². The normalized spacial score (nSPS) is 18.3. The number of carbonyl (C=O) groups is 1. The minimum absolute atomic E-state index is 0.0628. The smallest absolute Gasteiger partial charge is 0.259 e. The maximum atomic E-state index is 12.5. The molecular weight excluding hydrogens is 284 g/mol. The van der Waals surface area contributed by atoms with Crippen LogP contribution in [0.5, 0.6) is 5.88 Å². The number of nitrogens with zero attached hydrogens (tertiary/aromatic N) is 4. The van der Waals surface area contributed by atoms with E-state index >= 15 is 0 Å². The summed E-state index contributed by atoms with van der Waals surface area (Å²) in [6, 6.07) is 1.73. The molecule has 7 nitrogen and oxygen atoms in total. The fraction of sp³-hybridized carbons (Fsp3) is 0.467. The van der Waals surface area contributed by atoms with Crippen molar-refractivity contribution in [2.45, 2.75) is 32.8 Å². The number of piperidine rings is 1. The van der Waals surface area contributed by atoms with Gasteiger partial charge in [-0.3, -0.25) is 4.79 Å². The van der Waals surface area contributed by atoms with Crippen LogP contribution in [0.3, 0.4) is 0 Å². The van der Waals surface area contributed by atoms with Gasteiger partial charge in [-0.25, -0.2) is 4.98 Å². The van der Waals surface area contributed by atoms with Crippen LogP contribution in [0.2, 0.25) is 0 Å². The van der Waals surface area contributed by atoms with E-state index < -0.39 is 0 Å². The van der Waals surface area contributed by atoms with E-state index in [-0.39, 0.29) is 12.0 Å². The van der Waals surface area contributed by atoms with Gasteiger partial charge >= 0.3 is 0 Å². The molecule has 0 radical (unpaired) electrons. The Labute approximate surface area is 128 Å². The lowest BCUT2D eigenvalue weighted by Gasteiger charge is -2.32. The van der Waals surface area contributed by atoms with Crippen molar-refractivity contribution in [1.82, 2.24) is 20.0 Å². The van der Waals surface area contributed by atoms with Gasteiger partial charge in [0.05, 0.1) is 12.7 Å². The molecule has 2 aromatic rings. The number of aryl methyl sites for hydroxylation is 2. The van der Waals surface area contributed by atoms with Gasteiger partial charge in [0.25, 0.3) is 5.91 Å². The van der Waals surface area contributed by atoms with Crippen LogP contribution in [-0.2, 0) is 0 Å². The lowest BCUT2D eigenvalue weighted by molar-refractivity contribution is 0.0525. The predicted octanol–water partition coefficient (Wildman–Crippen LogP) is 1.77. The monoisotopic (exact) mass is 302 g/mol. The molecule has 1 fully saturated rings. The van der Waals surface area contributed by atoms with E-state index in [1.807, 2.05) is 6.92 Å². The maximum Gasteiger partial charge on any atom is 0.259 e. The van der Waals surface area contributed by atoms with Gasteiger partial charge in [-0.1, -0.05) is 5.16 Å². The number of amides is 1. The Morgan fingerprint density at radius 1 is 1.45 bits per heavy atom. The number of carbonyl (C=O) groups excluding carboxylic acids is 1. The fourth-order valence-corrected chi connectivity index (χ4v) is 2.56. The number of likely N-dealkylation sites (tertiary alicyclic amines) is 1. The zero-order valence-corrected chi connectivity index (χ0v) is 12.7. The highest BCUT2D eigenvalue weighted by molar-refractivity contribution is 5.94. The van der Waals surface area contributed by atoms with Crippen LogP contribution in [0.1, 0.15) is 34.8 Å². The average Bonchev–Trinajstić information content (AvgIpc) is 2.93. The fourth-order valence-electron chi connectivity index (χ4n) is 2.56. The van der Waals surface area contributed by atoms with Crippen molar-refractivity contribution in [1.29, 1.82) is 0 Å². The average molecular weight is 302 g/mol. The van der Waals surface area contributed by atoms with Crippen LogP contribution < -0.4 is 4.74 Å². The van der Waals surface area contributed by atoms with Crippen LogP contribution in [0, 0.1) is 13.8 Å². The van der Waals surface area contributed by atoms with E-state index in [9.17, 15) is 4.79 Å². The molecule has 0 bridgehead atoms. The maximum absolute atomic E-state index is 12.5. The molecular formula is C15H18N4O3. The Bertz CT molecular complexity index is 670. The summed E-state index contributed by atoms with van der Waals surface area (Å²) in [5.74, 6) is 1.69. The molecule has 1 amide bonds.